The van der Waals surface area contributed by atoms with Gasteiger partial charge in [0.15, 0.2) is 0 Å². The number of amides is 1. The zero-order valence-corrected chi connectivity index (χ0v) is 9.79. The molecule has 1 amide bonds. The summed E-state index contributed by atoms with van der Waals surface area (Å²) in [6.07, 6.45) is 0.511. The molecule has 1 heterocycles. The molecule has 7 nitrogen and oxygen atoms in total. The molecule has 2 rings (SSSR count). The van der Waals surface area contributed by atoms with E-state index in [0.717, 1.165) is 5.56 Å². The highest BCUT2D eigenvalue weighted by atomic mass is 16.5. The lowest BCUT2D eigenvalue weighted by atomic mass is 10.2. The lowest BCUT2D eigenvalue weighted by molar-refractivity contribution is 0.0684. The third-order valence-electron chi connectivity index (χ3n) is 2.23. The van der Waals surface area contributed by atoms with E-state index in [1.807, 2.05) is 30.3 Å². The fourth-order valence-electron chi connectivity index (χ4n) is 1.36. The minimum atomic E-state index is -1.20. The van der Waals surface area contributed by atoms with Gasteiger partial charge in [0.05, 0.1) is 6.20 Å². The molecule has 0 aliphatic heterocycles. The van der Waals surface area contributed by atoms with Crippen molar-refractivity contribution in [3.05, 3.63) is 47.9 Å². The van der Waals surface area contributed by atoms with Crippen LogP contribution in [0.15, 0.2) is 36.5 Å². The molecule has 0 saturated heterocycles. The highest BCUT2D eigenvalue weighted by Crippen LogP contribution is 2.05. The molecule has 19 heavy (non-hydrogen) atoms. The Bertz CT molecular complexity index is 580. The molecule has 0 radical (unpaired) electrons. The fourth-order valence-corrected chi connectivity index (χ4v) is 1.36. The summed E-state index contributed by atoms with van der Waals surface area (Å²) in [5.74, 6) is -1.29. The first kappa shape index (κ1) is 12.6. The molecule has 0 atom stereocenters. The Labute approximate surface area is 108 Å². The van der Waals surface area contributed by atoms with E-state index < -0.39 is 12.1 Å². The summed E-state index contributed by atoms with van der Waals surface area (Å²) in [6.45, 7) is 0.132. The summed E-state index contributed by atoms with van der Waals surface area (Å²) in [6, 6.07) is 9.19. The largest absolute Gasteiger partial charge is 0.475 e. The average molecular weight is 261 g/mol. The maximum atomic E-state index is 11.4. The maximum Gasteiger partial charge on any atom is 0.413 e. The number of carboxylic acid groups (broad SMARTS) is 1. The van der Waals surface area contributed by atoms with Gasteiger partial charge in [0.1, 0.15) is 12.4 Å². The van der Waals surface area contributed by atoms with Crippen molar-refractivity contribution < 1.29 is 19.4 Å². The van der Waals surface area contributed by atoms with Crippen molar-refractivity contribution in [3.8, 4) is 0 Å². The number of nitrogens with one attached hydrogen (secondary N) is 2. The van der Waals surface area contributed by atoms with Gasteiger partial charge in [-0.05, 0) is 5.56 Å². The molecule has 3 N–H and O–H groups in total. The molecule has 2 aromatic rings. The number of aromatic nitrogens is 2. The molecule has 0 aliphatic carbocycles. The Balaban J connectivity index is 1.85. The van der Waals surface area contributed by atoms with Crippen molar-refractivity contribution in [1.82, 2.24) is 9.97 Å². The summed E-state index contributed by atoms with van der Waals surface area (Å²) in [5, 5.41) is 11.0. The minimum absolute atomic E-state index is 0.132. The predicted octanol–water partition coefficient (Wildman–Crippen LogP) is 1.86. The number of benzene rings is 1. The monoisotopic (exact) mass is 261 g/mol. The van der Waals surface area contributed by atoms with E-state index in [1.54, 1.807) is 0 Å². The first-order valence-corrected chi connectivity index (χ1v) is 5.41. The zero-order valence-electron chi connectivity index (χ0n) is 9.79. The number of hydrogen-bond acceptors (Lipinski definition) is 4. The van der Waals surface area contributed by atoms with Gasteiger partial charge in [-0.15, -0.1) is 0 Å². The van der Waals surface area contributed by atoms with Gasteiger partial charge >= 0.3 is 12.1 Å². The van der Waals surface area contributed by atoms with Crippen LogP contribution in [0.4, 0.5) is 10.6 Å². The van der Waals surface area contributed by atoms with E-state index in [9.17, 15) is 9.59 Å². The number of carboxylic acids is 1. The fraction of sp³-hybridized carbons (Fsp3) is 0.0833. The van der Waals surface area contributed by atoms with Crippen LogP contribution in [-0.4, -0.2) is 27.1 Å². The Morgan fingerprint density at radius 1 is 1.32 bits per heavy atom. The van der Waals surface area contributed by atoms with Gasteiger partial charge < -0.3 is 14.8 Å². The van der Waals surface area contributed by atoms with Gasteiger partial charge in [0, 0.05) is 0 Å². The van der Waals surface area contributed by atoms with Gasteiger partial charge in [0.2, 0.25) is 5.82 Å². The van der Waals surface area contributed by atoms with Crippen LogP contribution in [-0.2, 0) is 11.3 Å². The molecular weight excluding hydrogens is 250 g/mol. The van der Waals surface area contributed by atoms with Crippen LogP contribution < -0.4 is 5.32 Å². The summed E-state index contributed by atoms with van der Waals surface area (Å²) >= 11 is 0. The van der Waals surface area contributed by atoms with E-state index in [2.05, 4.69) is 15.3 Å². The number of aromatic carboxylic acids is 1. The minimum Gasteiger partial charge on any atom is -0.475 e. The second-order valence-electron chi connectivity index (χ2n) is 3.64. The SMILES string of the molecule is O=C(Nc1cnc(C(=O)O)[nH]1)OCc1ccccc1. The lowest BCUT2D eigenvalue weighted by Gasteiger charge is -2.05. The molecule has 7 heteroatoms. The second-order valence-corrected chi connectivity index (χ2v) is 3.64. The lowest BCUT2D eigenvalue weighted by Crippen LogP contribution is -2.14. The van der Waals surface area contributed by atoms with Crippen molar-refractivity contribution >= 4 is 17.9 Å². The van der Waals surface area contributed by atoms with Crippen LogP contribution in [0, 0.1) is 0 Å². The first-order chi connectivity index (χ1) is 9.15. The Hall–Kier alpha value is -2.83. The summed E-state index contributed by atoms with van der Waals surface area (Å²) in [7, 11) is 0. The van der Waals surface area contributed by atoms with Crippen LogP contribution in [0.5, 0.6) is 0 Å². The molecule has 0 fully saturated rings. The molecule has 98 valence electrons. The standard InChI is InChI=1S/C12H11N3O4/c16-11(17)10-13-6-9(14-10)15-12(18)19-7-8-4-2-1-3-5-8/h1-6H,7H2,(H,13,14)(H,15,18)(H,16,17). The summed E-state index contributed by atoms with van der Waals surface area (Å²) in [5.41, 5.74) is 0.855. The number of aromatic amines is 1. The number of carbonyl (C=O) groups is 2. The topological polar surface area (TPSA) is 104 Å². The van der Waals surface area contributed by atoms with Crippen molar-refractivity contribution in [2.75, 3.05) is 5.32 Å². The van der Waals surface area contributed by atoms with Gasteiger partial charge in [0.25, 0.3) is 0 Å². The van der Waals surface area contributed by atoms with Crippen LogP contribution >= 0.6 is 0 Å². The molecule has 0 aliphatic rings. The van der Waals surface area contributed by atoms with Crippen LogP contribution in [0.3, 0.4) is 0 Å². The quantitative estimate of drug-likeness (QED) is 0.779. The van der Waals surface area contributed by atoms with E-state index in [4.69, 9.17) is 9.84 Å². The molecule has 0 bridgehead atoms. The molecule has 1 aromatic carbocycles. The number of H-pyrrole nitrogens is 1. The predicted molar refractivity (Wildman–Crippen MR) is 65.8 cm³/mol. The Morgan fingerprint density at radius 3 is 2.68 bits per heavy atom. The summed E-state index contributed by atoms with van der Waals surface area (Å²) < 4.78 is 4.96. The van der Waals surface area contributed by atoms with Gasteiger partial charge in [-0.25, -0.2) is 14.6 Å². The third-order valence-corrected chi connectivity index (χ3v) is 2.23. The van der Waals surface area contributed by atoms with Crippen molar-refractivity contribution in [1.29, 1.82) is 0 Å². The molecule has 0 unspecified atom stereocenters. The van der Waals surface area contributed by atoms with Gasteiger partial charge in [-0.3, -0.25) is 5.32 Å². The normalized spacial score (nSPS) is 9.89. The molecular formula is C12H11N3O4. The summed E-state index contributed by atoms with van der Waals surface area (Å²) in [4.78, 5) is 28.0. The smallest absolute Gasteiger partial charge is 0.413 e. The number of nitrogens with zero attached hydrogens (tertiary/aromatic N) is 1. The highest BCUT2D eigenvalue weighted by molar-refractivity contribution is 5.86. The van der Waals surface area contributed by atoms with Crippen LogP contribution in [0.2, 0.25) is 0 Å². The molecule has 1 aromatic heterocycles. The van der Waals surface area contributed by atoms with Crippen molar-refractivity contribution in [2.24, 2.45) is 0 Å². The number of ether oxygens (including phenoxy) is 1. The number of anilines is 1. The number of rotatable bonds is 4. The second kappa shape index (κ2) is 5.67. The van der Waals surface area contributed by atoms with E-state index in [1.165, 1.54) is 6.20 Å². The Morgan fingerprint density at radius 2 is 2.05 bits per heavy atom. The average Bonchev–Trinajstić information content (AvgIpc) is 2.86. The van der Waals surface area contributed by atoms with Crippen molar-refractivity contribution in [2.45, 2.75) is 6.61 Å². The van der Waals surface area contributed by atoms with Crippen molar-refractivity contribution in [3.63, 3.8) is 0 Å². The third kappa shape index (κ3) is 3.56. The van der Waals surface area contributed by atoms with Gasteiger partial charge in [-0.1, -0.05) is 30.3 Å². The molecule has 0 saturated carbocycles. The first-order valence-electron chi connectivity index (χ1n) is 5.41. The Kier molecular flexibility index (Phi) is 3.77. The van der Waals surface area contributed by atoms with Gasteiger partial charge in [-0.2, -0.15) is 0 Å². The van der Waals surface area contributed by atoms with E-state index >= 15 is 0 Å². The molecule has 0 spiro atoms. The number of carbonyl (C=O) groups excluding carboxylic acids is 1. The number of hydrogen-bond donors (Lipinski definition) is 3. The highest BCUT2D eigenvalue weighted by Gasteiger charge is 2.10. The van der Waals surface area contributed by atoms with E-state index in [-0.39, 0.29) is 18.2 Å². The number of imidazole rings is 1. The maximum absolute atomic E-state index is 11.4. The van der Waals surface area contributed by atoms with E-state index in [0.29, 0.717) is 0 Å². The zero-order chi connectivity index (χ0) is 13.7. The van der Waals surface area contributed by atoms with Crippen LogP contribution in [0.25, 0.3) is 0 Å². The van der Waals surface area contributed by atoms with Crippen LogP contribution in [0.1, 0.15) is 16.2 Å².